The lowest BCUT2D eigenvalue weighted by atomic mass is 10.2. The Labute approximate surface area is 248 Å². The van der Waals surface area contributed by atoms with Gasteiger partial charge in [0.15, 0.2) is 0 Å². The molecule has 0 N–H and O–H groups in total. The molecular weight excluding hydrogens is 546 g/mol. The number of nitrogens with zero attached hydrogens (tertiary/aromatic N) is 9. The monoisotopic (exact) mass is 575 g/mol. The van der Waals surface area contributed by atoms with Crippen LogP contribution in [0, 0.1) is 11.3 Å². The van der Waals surface area contributed by atoms with E-state index < -0.39 is 0 Å². The SMILES string of the molecule is N#Cc1ccc(Sc2nnc(N3CCN(c4nc(N5CCN(c6ccccc6)CC5)c5ccccc5n4)CC3)o2)cc1. The highest BCUT2D eigenvalue weighted by molar-refractivity contribution is 7.99. The summed E-state index contributed by atoms with van der Waals surface area (Å²) in [6.45, 7) is 6.67. The summed E-state index contributed by atoms with van der Waals surface area (Å²) in [6.07, 6.45) is 0. The van der Waals surface area contributed by atoms with Gasteiger partial charge in [0.2, 0.25) is 5.95 Å². The van der Waals surface area contributed by atoms with Crippen LogP contribution < -0.4 is 19.6 Å². The zero-order valence-electron chi connectivity index (χ0n) is 23.0. The standard InChI is InChI=1S/C31H29N9OS/c32-22-23-10-12-25(13-11-23)42-31-36-35-30(41-31)40-20-18-39(19-21-40)29-33-27-9-5-4-8-26(27)28(34-29)38-16-14-37(15-17-38)24-6-2-1-3-7-24/h1-13H,14-21H2. The summed E-state index contributed by atoms with van der Waals surface area (Å²) in [5.74, 6) is 1.77. The molecule has 0 amide bonds. The van der Waals surface area contributed by atoms with Gasteiger partial charge in [-0.25, -0.2) is 4.98 Å². The lowest BCUT2D eigenvalue weighted by molar-refractivity contribution is 0.440. The van der Waals surface area contributed by atoms with Crippen molar-refractivity contribution in [3.8, 4) is 6.07 Å². The molecular formula is C31H29N9OS. The average molecular weight is 576 g/mol. The largest absolute Gasteiger partial charge is 0.397 e. The molecule has 11 heteroatoms. The number of aromatic nitrogens is 4. The molecule has 2 aliphatic heterocycles. The Balaban J connectivity index is 1.03. The number of hydrogen-bond acceptors (Lipinski definition) is 11. The normalized spacial score (nSPS) is 15.7. The van der Waals surface area contributed by atoms with Gasteiger partial charge in [0.25, 0.3) is 5.22 Å². The molecule has 4 heterocycles. The van der Waals surface area contributed by atoms with Gasteiger partial charge >= 0.3 is 6.01 Å². The van der Waals surface area contributed by atoms with E-state index in [1.165, 1.54) is 17.4 Å². The van der Waals surface area contributed by atoms with Crippen LogP contribution in [0.5, 0.6) is 0 Å². The van der Waals surface area contributed by atoms with E-state index in [1.807, 2.05) is 18.2 Å². The average Bonchev–Trinajstić information content (AvgIpc) is 3.53. The zero-order chi connectivity index (χ0) is 28.3. The van der Waals surface area contributed by atoms with Crippen LogP contribution in [0.3, 0.4) is 0 Å². The van der Waals surface area contributed by atoms with E-state index in [1.54, 1.807) is 12.1 Å². The number of nitriles is 1. The molecule has 2 aromatic heterocycles. The van der Waals surface area contributed by atoms with Crippen molar-refractivity contribution < 1.29 is 4.42 Å². The number of piperazine rings is 2. The molecule has 10 nitrogen and oxygen atoms in total. The van der Waals surface area contributed by atoms with Gasteiger partial charge in [-0.05, 0) is 60.3 Å². The molecule has 210 valence electrons. The highest BCUT2D eigenvalue weighted by Gasteiger charge is 2.26. The van der Waals surface area contributed by atoms with Crippen LogP contribution in [-0.4, -0.2) is 72.5 Å². The predicted octanol–water partition coefficient (Wildman–Crippen LogP) is 4.69. The van der Waals surface area contributed by atoms with Crippen LogP contribution in [0.4, 0.5) is 23.5 Å². The molecule has 0 saturated carbocycles. The molecule has 2 saturated heterocycles. The van der Waals surface area contributed by atoms with Crippen molar-refractivity contribution >= 4 is 46.1 Å². The van der Waals surface area contributed by atoms with Gasteiger partial charge in [-0.3, -0.25) is 0 Å². The number of para-hydroxylation sites is 2. The molecule has 2 aliphatic rings. The topological polar surface area (TPSA) is 101 Å². The van der Waals surface area contributed by atoms with Crippen LogP contribution in [0.15, 0.2) is 93.4 Å². The third-order valence-electron chi connectivity index (χ3n) is 7.69. The van der Waals surface area contributed by atoms with E-state index in [9.17, 15) is 0 Å². The van der Waals surface area contributed by atoms with Crippen molar-refractivity contribution in [1.29, 1.82) is 5.26 Å². The Kier molecular flexibility index (Phi) is 7.20. The van der Waals surface area contributed by atoms with Gasteiger partial charge in [-0.1, -0.05) is 40.5 Å². The minimum absolute atomic E-state index is 0.479. The van der Waals surface area contributed by atoms with E-state index in [0.29, 0.717) is 16.8 Å². The molecule has 42 heavy (non-hydrogen) atoms. The van der Waals surface area contributed by atoms with Crippen molar-refractivity contribution in [2.45, 2.75) is 10.1 Å². The summed E-state index contributed by atoms with van der Waals surface area (Å²) in [5.41, 5.74) is 2.85. The molecule has 0 bridgehead atoms. The third-order valence-corrected chi connectivity index (χ3v) is 8.54. The lowest BCUT2D eigenvalue weighted by Crippen LogP contribution is -2.48. The molecule has 2 fully saturated rings. The van der Waals surface area contributed by atoms with E-state index in [4.69, 9.17) is 19.6 Å². The molecule has 5 aromatic rings. The van der Waals surface area contributed by atoms with Crippen molar-refractivity contribution in [1.82, 2.24) is 20.2 Å². The highest BCUT2D eigenvalue weighted by atomic mass is 32.2. The molecule has 0 spiro atoms. The predicted molar refractivity (Wildman–Crippen MR) is 164 cm³/mol. The fourth-order valence-electron chi connectivity index (χ4n) is 5.41. The van der Waals surface area contributed by atoms with Crippen LogP contribution in [-0.2, 0) is 0 Å². The van der Waals surface area contributed by atoms with E-state index in [0.717, 1.165) is 79.9 Å². The first-order chi connectivity index (χ1) is 20.7. The number of anilines is 4. The van der Waals surface area contributed by atoms with Crippen molar-refractivity contribution in [2.75, 3.05) is 72.0 Å². The van der Waals surface area contributed by atoms with Crippen molar-refractivity contribution in [3.63, 3.8) is 0 Å². The molecule has 7 rings (SSSR count). The Hall–Kier alpha value is -4.82. The maximum atomic E-state index is 9.00. The van der Waals surface area contributed by atoms with E-state index in [-0.39, 0.29) is 0 Å². The van der Waals surface area contributed by atoms with Crippen molar-refractivity contribution in [3.05, 3.63) is 84.4 Å². The second-order valence-electron chi connectivity index (χ2n) is 10.2. The fraction of sp³-hybridized carbons (Fsp3) is 0.258. The number of fused-ring (bicyclic) bond motifs is 1. The van der Waals surface area contributed by atoms with Crippen LogP contribution in [0.2, 0.25) is 0 Å². The van der Waals surface area contributed by atoms with E-state index >= 15 is 0 Å². The Bertz CT molecular complexity index is 1700. The third kappa shape index (κ3) is 5.41. The van der Waals surface area contributed by atoms with Gasteiger partial charge in [0.1, 0.15) is 5.82 Å². The first-order valence-corrected chi connectivity index (χ1v) is 14.9. The smallest absolute Gasteiger partial charge is 0.318 e. The van der Waals surface area contributed by atoms with Gasteiger partial charge < -0.3 is 24.0 Å². The van der Waals surface area contributed by atoms with Gasteiger partial charge in [-0.2, -0.15) is 10.2 Å². The second kappa shape index (κ2) is 11.6. The molecule has 0 unspecified atom stereocenters. The maximum Gasteiger partial charge on any atom is 0.318 e. The summed E-state index contributed by atoms with van der Waals surface area (Å²) in [5, 5.41) is 19.1. The van der Waals surface area contributed by atoms with Gasteiger partial charge in [0.05, 0.1) is 17.1 Å². The quantitative estimate of drug-likeness (QED) is 0.282. The summed E-state index contributed by atoms with van der Waals surface area (Å²) in [7, 11) is 0. The minimum atomic E-state index is 0.479. The molecule has 3 aromatic carbocycles. The summed E-state index contributed by atoms with van der Waals surface area (Å²) >= 11 is 1.39. The van der Waals surface area contributed by atoms with Crippen LogP contribution in [0.1, 0.15) is 5.56 Å². The van der Waals surface area contributed by atoms with Crippen LogP contribution >= 0.6 is 11.8 Å². The maximum absolute atomic E-state index is 9.00. The van der Waals surface area contributed by atoms with Gasteiger partial charge in [-0.15, -0.1) is 0 Å². The van der Waals surface area contributed by atoms with Crippen LogP contribution in [0.25, 0.3) is 10.9 Å². The zero-order valence-corrected chi connectivity index (χ0v) is 23.8. The Morgan fingerprint density at radius 3 is 2.10 bits per heavy atom. The van der Waals surface area contributed by atoms with E-state index in [2.05, 4.69) is 84.4 Å². The molecule has 0 radical (unpaired) electrons. The summed E-state index contributed by atoms with van der Waals surface area (Å²) < 4.78 is 5.96. The van der Waals surface area contributed by atoms with Crippen molar-refractivity contribution in [2.24, 2.45) is 0 Å². The minimum Gasteiger partial charge on any atom is -0.397 e. The summed E-state index contributed by atoms with van der Waals surface area (Å²) in [4.78, 5) is 20.2. The Morgan fingerprint density at radius 1 is 0.667 bits per heavy atom. The lowest BCUT2D eigenvalue weighted by Gasteiger charge is -2.38. The highest BCUT2D eigenvalue weighted by Crippen LogP contribution is 2.31. The first-order valence-electron chi connectivity index (χ1n) is 14.1. The fourth-order valence-corrected chi connectivity index (χ4v) is 6.08. The molecule has 0 aliphatic carbocycles. The summed E-state index contributed by atoms with van der Waals surface area (Å²) in [6, 6.07) is 28.9. The number of benzene rings is 3. The number of hydrogen-bond donors (Lipinski definition) is 0. The Morgan fingerprint density at radius 2 is 1.33 bits per heavy atom. The number of rotatable bonds is 6. The second-order valence-corrected chi connectivity index (χ2v) is 11.3. The van der Waals surface area contributed by atoms with Gasteiger partial charge in [0, 0.05) is 68.3 Å². The molecule has 0 atom stereocenters. The first kappa shape index (κ1) is 26.1.